The highest BCUT2D eigenvalue weighted by Gasteiger charge is 2.19. The van der Waals surface area contributed by atoms with Crippen LogP contribution in [0, 0.1) is 0 Å². The maximum absolute atomic E-state index is 11.3. The molecule has 0 saturated carbocycles. The summed E-state index contributed by atoms with van der Waals surface area (Å²) in [7, 11) is 0. The second-order valence-electron chi connectivity index (χ2n) is 5.30. The predicted molar refractivity (Wildman–Crippen MR) is 79.1 cm³/mol. The lowest BCUT2D eigenvalue weighted by Gasteiger charge is -2.20. The molecule has 1 N–H and O–H groups in total. The SMILES string of the molecule is CCn1c(C(=O)O)ccc1-c1cccc2c1CCCC2. The maximum Gasteiger partial charge on any atom is 0.352 e. The smallest absolute Gasteiger partial charge is 0.352 e. The summed E-state index contributed by atoms with van der Waals surface area (Å²) in [6.45, 7) is 2.67. The summed E-state index contributed by atoms with van der Waals surface area (Å²) >= 11 is 0. The predicted octanol–water partition coefficient (Wildman–Crippen LogP) is 3.75. The van der Waals surface area contributed by atoms with Crippen LogP contribution in [0.15, 0.2) is 30.3 Å². The number of aromatic carboxylic acids is 1. The maximum atomic E-state index is 11.3. The van der Waals surface area contributed by atoms with Gasteiger partial charge in [-0.25, -0.2) is 4.79 Å². The molecule has 0 aliphatic heterocycles. The molecule has 1 aliphatic rings. The van der Waals surface area contributed by atoms with Gasteiger partial charge in [-0.3, -0.25) is 0 Å². The molecule has 1 aromatic heterocycles. The molecular formula is C17H19NO2. The minimum Gasteiger partial charge on any atom is -0.477 e. The summed E-state index contributed by atoms with van der Waals surface area (Å²) < 4.78 is 1.90. The zero-order valence-electron chi connectivity index (χ0n) is 11.7. The van der Waals surface area contributed by atoms with Crippen LogP contribution in [-0.2, 0) is 19.4 Å². The summed E-state index contributed by atoms with van der Waals surface area (Å²) in [4.78, 5) is 11.3. The highest BCUT2D eigenvalue weighted by Crippen LogP contribution is 2.32. The van der Waals surface area contributed by atoms with Crippen molar-refractivity contribution in [3.8, 4) is 11.3 Å². The first-order chi connectivity index (χ1) is 9.72. The van der Waals surface area contributed by atoms with E-state index in [0.29, 0.717) is 12.2 Å². The lowest BCUT2D eigenvalue weighted by molar-refractivity contribution is 0.0685. The molecule has 0 fully saturated rings. The first kappa shape index (κ1) is 13.0. The number of aromatic nitrogens is 1. The number of aryl methyl sites for hydroxylation is 1. The van der Waals surface area contributed by atoms with Gasteiger partial charge in [0.2, 0.25) is 0 Å². The molecule has 0 radical (unpaired) electrons. The van der Waals surface area contributed by atoms with Gasteiger partial charge < -0.3 is 9.67 Å². The third-order valence-electron chi connectivity index (χ3n) is 4.19. The van der Waals surface area contributed by atoms with Gasteiger partial charge in [-0.1, -0.05) is 18.2 Å². The van der Waals surface area contributed by atoms with Crippen LogP contribution in [0.4, 0.5) is 0 Å². The van der Waals surface area contributed by atoms with Gasteiger partial charge in [0.15, 0.2) is 0 Å². The number of carboxylic acids is 1. The second kappa shape index (κ2) is 5.16. The molecule has 0 bridgehead atoms. The van der Waals surface area contributed by atoms with Crippen LogP contribution < -0.4 is 0 Å². The molecule has 2 aromatic rings. The zero-order chi connectivity index (χ0) is 14.1. The van der Waals surface area contributed by atoms with E-state index < -0.39 is 5.97 Å². The highest BCUT2D eigenvalue weighted by atomic mass is 16.4. The van der Waals surface area contributed by atoms with Gasteiger partial charge in [-0.05, 0) is 55.9 Å². The molecule has 0 atom stereocenters. The number of nitrogens with zero attached hydrogens (tertiary/aromatic N) is 1. The van der Waals surface area contributed by atoms with Crippen LogP contribution in [0.3, 0.4) is 0 Å². The Hall–Kier alpha value is -2.03. The Bertz CT molecular complexity index is 655. The van der Waals surface area contributed by atoms with Gasteiger partial charge in [-0.2, -0.15) is 0 Å². The van der Waals surface area contributed by atoms with E-state index in [-0.39, 0.29) is 0 Å². The normalized spacial score (nSPS) is 14.1. The summed E-state index contributed by atoms with van der Waals surface area (Å²) in [5, 5.41) is 9.27. The van der Waals surface area contributed by atoms with Crippen molar-refractivity contribution >= 4 is 5.97 Å². The van der Waals surface area contributed by atoms with Crippen molar-refractivity contribution in [2.45, 2.75) is 39.2 Å². The standard InChI is InChI=1S/C17H19NO2/c1-2-18-15(10-11-16(18)17(19)20)14-9-5-7-12-6-3-4-8-13(12)14/h5,7,9-11H,2-4,6,8H2,1H3,(H,19,20). The van der Waals surface area contributed by atoms with Crippen LogP contribution >= 0.6 is 0 Å². The summed E-state index contributed by atoms with van der Waals surface area (Å²) in [5.74, 6) is -0.858. The van der Waals surface area contributed by atoms with Crippen LogP contribution in [0.2, 0.25) is 0 Å². The van der Waals surface area contributed by atoms with Gasteiger partial charge in [0.25, 0.3) is 0 Å². The molecule has 3 heteroatoms. The molecule has 0 saturated heterocycles. The molecule has 1 heterocycles. The van der Waals surface area contributed by atoms with Crippen LogP contribution in [0.5, 0.6) is 0 Å². The van der Waals surface area contributed by atoms with Gasteiger partial charge >= 0.3 is 5.97 Å². The van der Waals surface area contributed by atoms with E-state index in [1.807, 2.05) is 17.6 Å². The molecule has 0 amide bonds. The van der Waals surface area contributed by atoms with Crippen molar-refractivity contribution in [1.29, 1.82) is 0 Å². The van der Waals surface area contributed by atoms with Crippen molar-refractivity contribution in [2.75, 3.05) is 0 Å². The summed E-state index contributed by atoms with van der Waals surface area (Å²) in [6.07, 6.45) is 4.72. The zero-order valence-corrected chi connectivity index (χ0v) is 11.7. The Morgan fingerprint density at radius 3 is 2.75 bits per heavy atom. The fourth-order valence-electron chi connectivity index (χ4n) is 3.25. The van der Waals surface area contributed by atoms with E-state index in [0.717, 1.165) is 18.5 Å². The molecule has 1 aliphatic carbocycles. The largest absolute Gasteiger partial charge is 0.477 e. The number of benzene rings is 1. The molecule has 3 rings (SSSR count). The van der Waals surface area contributed by atoms with Gasteiger partial charge in [0, 0.05) is 17.8 Å². The fourth-order valence-corrected chi connectivity index (χ4v) is 3.25. The Morgan fingerprint density at radius 2 is 2.00 bits per heavy atom. The first-order valence-corrected chi connectivity index (χ1v) is 7.26. The molecule has 0 spiro atoms. The number of rotatable bonds is 3. The van der Waals surface area contributed by atoms with E-state index in [1.54, 1.807) is 6.07 Å². The fraction of sp³-hybridized carbons (Fsp3) is 0.353. The highest BCUT2D eigenvalue weighted by molar-refractivity contribution is 5.87. The van der Waals surface area contributed by atoms with Crippen molar-refractivity contribution in [3.63, 3.8) is 0 Å². The Balaban J connectivity index is 2.17. The molecule has 1 aromatic carbocycles. The number of hydrogen-bond acceptors (Lipinski definition) is 1. The molecule has 104 valence electrons. The monoisotopic (exact) mass is 269 g/mol. The third-order valence-corrected chi connectivity index (χ3v) is 4.19. The molecule has 3 nitrogen and oxygen atoms in total. The third kappa shape index (κ3) is 2.03. The Kier molecular flexibility index (Phi) is 3.35. The van der Waals surface area contributed by atoms with E-state index in [9.17, 15) is 9.90 Å². The van der Waals surface area contributed by atoms with Crippen molar-refractivity contribution in [2.24, 2.45) is 0 Å². The van der Waals surface area contributed by atoms with Crippen LogP contribution in [0.25, 0.3) is 11.3 Å². The van der Waals surface area contributed by atoms with E-state index in [2.05, 4.69) is 18.2 Å². The average Bonchev–Trinajstić information content (AvgIpc) is 2.90. The summed E-state index contributed by atoms with van der Waals surface area (Å²) in [5.41, 5.74) is 5.44. The van der Waals surface area contributed by atoms with Gasteiger partial charge in [-0.15, -0.1) is 0 Å². The van der Waals surface area contributed by atoms with Crippen molar-refractivity contribution in [1.82, 2.24) is 4.57 Å². The van der Waals surface area contributed by atoms with Crippen molar-refractivity contribution < 1.29 is 9.90 Å². The molecular weight excluding hydrogens is 250 g/mol. The molecule has 20 heavy (non-hydrogen) atoms. The van der Waals surface area contributed by atoms with Crippen LogP contribution in [0.1, 0.15) is 41.4 Å². The Morgan fingerprint density at radius 1 is 1.20 bits per heavy atom. The Labute approximate surface area is 118 Å². The second-order valence-corrected chi connectivity index (χ2v) is 5.30. The van der Waals surface area contributed by atoms with Gasteiger partial charge in [0.05, 0.1) is 0 Å². The average molecular weight is 269 g/mol. The minimum absolute atomic E-state index is 0.371. The lowest BCUT2D eigenvalue weighted by Crippen LogP contribution is -2.10. The number of hydrogen-bond donors (Lipinski definition) is 1. The number of fused-ring (bicyclic) bond motifs is 1. The number of carbonyl (C=O) groups is 1. The van der Waals surface area contributed by atoms with E-state index >= 15 is 0 Å². The molecule has 0 unspecified atom stereocenters. The summed E-state index contributed by atoms with van der Waals surface area (Å²) in [6, 6.07) is 10.1. The minimum atomic E-state index is -0.858. The van der Waals surface area contributed by atoms with E-state index in [4.69, 9.17) is 0 Å². The quantitative estimate of drug-likeness (QED) is 0.922. The van der Waals surface area contributed by atoms with Gasteiger partial charge in [0.1, 0.15) is 5.69 Å². The first-order valence-electron chi connectivity index (χ1n) is 7.26. The number of carboxylic acid groups (broad SMARTS) is 1. The van der Waals surface area contributed by atoms with E-state index in [1.165, 1.54) is 29.5 Å². The van der Waals surface area contributed by atoms with Crippen molar-refractivity contribution in [3.05, 3.63) is 47.2 Å². The topological polar surface area (TPSA) is 42.2 Å². The van der Waals surface area contributed by atoms with Crippen LogP contribution in [-0.4, -0.2) is 15.6 Å². The lowest BCUT2D eigenvalue weighted by atomic mass is 9.87.